The predicted octanol–water partition coefficient (Wildman–Crippen LogP) is 3.10. The maximum atomic E-state index is 12.8. The Morgan fingerprint density at radius 3 is 2.44 bits per heavy atom. The molecule has 1 aliphatic carbocycles. The van der Waals surface area contributed by atoms with E-state index in [1.54, 1.807) is 25.0 Å². The van der Waals surface area contributed by atoms with E-state index in [1.165, 1.54) is 12.8 Å². The molecule has 1 heterocycles. The lowest BCUT2D eigenvalue weighted by molar-refractivity contribution is -0.00771. The number of ether oxygens (including phenoxy) is 1. The molecule has 0 spiro atoms. The van der Waals surface area contributed by atoms with Crippen molar-refractivity contribution in [1.29, 1.82) is 0 Å². The third-order valence-corrected chi connectivity index (χ3v) is 4.41. The first kappa shape index (κ1) is 13.7. The zero-order chi connectivity index (χ0) is 13.2. The van der Waals surface area contributed by atoms with E-state index in [-0.39, 0.29) is 5.78 Å². The molecule has 4 nitrogen and oxygen atoms in total. The van der Waals surface area contributed by atoms with Crippen molar-refractivity contribution in [3.05, 3.63) is 16.4 Å². The zero-order valence-corrected chi connectivity index (χ0v) is 12.5. The van der Waals surface area contributed by atoms with Crippen molar-refractivity contribution >= 4 is 21.7 Å². The number of halogens is 1. The highest BCUT2D eigenvalue weighted by atomic mass is 79.9. The Morgan fingerprint density at radius 1 is 1.39 bits per heavy atom. The molecule has 0 aromatic carbocycles. The Balaban J connectivity index is 2.35. The van der Waals surface area contributed by atoms with Gasteiger partial charge in [-0.3, -0.25) is 9.48 Å². The molecule has 1 aromatic heterocycles. The van der Waals surface area contributed by atoms with Crippen molar-refractivity contribution in [3.63, 3.8) is 0 Å². The van der Waals surface area contributed by atoms with E-state index in [2.05, 4.69) is 21.0 Å². The Bertz CT molecular complexity index is 415. The summed E-state index contributed by atoms with van der Waals surface area (Å²) >= 11 is 3.40. The van der Waals surface area contributed by atoms with Gasteiger partial charge in [-0.05, 0) is 28.8 Å². The molecular weight excluding hydrogens is 296 g/mol. The van der Waals surface area contributed by atoms with E-state index in [9.17, 15) is 4.79 Å². The summed E-state index contributed by atoms with van der Waals surface area (Å²) in [4.78, 5) is 12.8. The standard InChI is InChI=1S/C13H19BrN2O2/c1-16-11(10(14)9-15-16)12(17)13(18-2)7-5-3-4-6-8-13/h9H,3-8H2,1-2H3. The van der Waals surface area contributed by atoms with Gasteiger partial charge >= 0.3 is 0 Å². The normalized spacial score (nSPS) is 19.5. The monoisotopic (exact) mass is 314 g/mol. The fourth-order valence-corrected chi connectivity index (χ4v) is 3.23. The van der Waals surface area contributed by atoms with Gasteiger partial charge in [0, 0.05) is 14.2 Å². The zero-order valence-electron chi connectivity index (χ0n) is 10.9. The lowest BCUT2D eigenvalue weighted by Crippen LogP contribution is -2.41. The largest absolute Gasteiger partial charge is 0.370 e. The van der Waals surface area contributed by atoms with Crippen LogP contribution in [0.1, 0.15) is 49.0 Å². The van der Waals surface area contributed by atoms with Gasteiger partial charge in [0.1, 0.15) is 11.3 Å². The molecule has 0 bridgehead atoms. The van der Waals surface area contributed by atoms with Gasteiger partial charge in [0.25, 0.3) is 0 Å². The Morgan fingerprint density at radius 2 is 2.00 bits per heavy atom. The Hall–Kier alpha value is -0.680. The van der Waals surface area contributed by atoms with Crippen LogP contribution < -0.4 is 0 Å². The van der Waals surface area contributed by atoms with Gasteiger partial charge in [0.15, 0.2) is 0 Å². The van der Waals surface area contributed by atoms with Crippen molar-refractivity contribution in [2.24, 2.45) is 7.05 Å². The third-order valence-electron chi connectivity index (χ3n) is 3.82. The molecule has 1 saturated carbocycles. The molecule has 0 saturated heterocycles. The average Bonchev–Trinajstić information content (AvgIpc) is 2.59. The van der Waals surface area contributed by atoms with E-state index < -0.39 is 5.60 Å². The second-order valence-electron chi connectivity index (χ2n) is 4.91. The molecule has 1 aliphatic rings. The number of hydrogen-bond donors (Lipinski definition) is 0. The first-order chi connectivity index (χ1) is 8.60. The number of rotatable bonds is 3. The first-order valence-electron chi connectivity index (χ1n) is 6.38. The van der Waals surface area contributed by atoms with E-state index in [1.807, 2.05) is 0 Å². The van der Waals surface area contributed by atoms with Gasteiger partial charge < -0.3 is 4.74 Å². The summed E-state index contributed by atoms with van der Waals surface area (Å²) in [5.41, 5.74) is -0.0500. The summed E-state index contributed by atoms with van der Waals surface area (Å²) in [6.07, 6.45) is 7.74. The third kappa shape index (κ3) is 2.38. The minimum atomic E-state index is -0.660. The Labute approximate surface area is 116 Å². The number of carbonyl (C=O) groups excluding carboxylic acids is 1. The minimum Gasteiger partial charge on any atom is -0.370 e. The maximum Gasteiger partial charge on any atom is 0.213 e. The SMILES string of the molecule is COC1(C(=O)c2c(Br)cnn2C)CCCCCC1. The minimum absolute atomic E-state index is 0.0544. The van der Waals surface area contributed by atoms with Crippen LogP contribution in [0.3, 0.4) is 0 Å². The summed E-state index contributed by atoms with van der Waals surface area (Å²) in [5, 5.41) is 4.11. The highest BCUT2D eigenvalue weighted by molar-refractivity contribution is 9.10. The van der Waals surface area contributed by atoms with Crippen LogP contribution in [0.2, 0.25) is 0 Å². The number of aromatic nitrogens is 2. The van der Waals surface area contributed by atoms with Crippen LogP contribution in [0.25, 0.3) is 0 Å². The molecule has 1 fully saturated rings. The highest BCUT2D eigenvalue weighted by Crippen LogP contribution is 2.34. The number of hydrogen-bond acceptors (Lipinski definition) is 3. The quantitative estimate of drug-likeness (QED) is 0.636. The molecule has 0 unspecified atom stereocenters. The van der Waals surface area contributed by atoms with Gasteiger partial charge in [0.2, 0.25) is 5.78 Å². The van der Waals surface area contributed by atoms with Crippen LogP contribution in [0.5, 0.6) is 0 Å². The topological polar surface area (TPSA) is 44.1 Å². The molecule has 5 heteroatoms. The van der Waals surface area contributed by atoms with E-state index in [0.29, 0.717) is 5.69 Å². The lowest BCUT2D eigenvalue weighted by Gasteiger charge is -2.29. The van der Waals surface area contributed by atoms with Crippen LogP contribution in [-0.4, -0.2) is 28.3 Å². The molecule has 2 rings (SSSR count). The van der Waals surface area contributed by atoms with Gasteiger partial charge in [-0.25, -0.2) is 0 Å². The predicted molar refractivity (Wildman–Crippen MR) is 72.7 cm³/mol. The second-order valence-corrected chi connectivity index (χ2v) is 5.76. The van der Waals surface area contributed by atoms with E-state index >= 15 is 0 Å². The number of nitrogens with zero attached hydrogens (tertiary/aromatic N) is 2. The number of Topliss-reactive ketones (excluding diaryl/α,β-unsaturated/α-hetero) is 1. The van der Waals surface area contributed by atoms with Crippen LogP contribution in [0, 0.1) is 0 Å². The van der Waals surface area contributed by atoms with Gasteiger partial charge in [-0.1, -0.05) is 25.7 Å². The smallest absolute Gasteiger partial charge is 0.213 e. The van der Waals surface area contributed by atoms with Gasteiger partial charge in [-0.2, -0.15) is 5.10 Å². The molecule has 1 aromatic rings. The summed E-state index contributed by atoms with van der Waals surface area (Å²) in [6.45, 7) is 0. The molecule has 0 amide bonds. The summed E-state index contributed by atoms with van der Waals surface area (Å²) in [5.74, 6) is 0.0544. The van der Waals surface area contributed by atoms with Gasteiger partial charge in [-0.15, -0.1) is 0 Å². The lowest BCUT2D eigenvalue weighted by atomic mass is 9.87. The van der Waals surface area contributed by atoms with Crippen LogP contribution >= 0.6 is 15.9 Å². The van der Waals surface area contributed by atoms with E-state index in [0.717, 1.165) is 30.2 Å². The summed E-state index contributed by atoms with van der Waals surface area (Å²) in [6, 6.07) is 0. The summed E-state index contributed by atoms with van der Waals surface area (Å²) in [7, 11) is 3.44. The van der Waals surface area contributed by atoms with Crippen LogP contribution in [-0.2, 0) is 11.8 Å². The molecule has 0 aliphatic heterocycles. The molecule has 100 valence electrons. The number of carbonyl (C=O) groups is 1. The second kappa shape index (κ2) is 5.53. The first-order valence-corrected chi connectivity index (χ1v) is 7.17. The van der Waals surface area contributed by atoms with Crippen molar-refractivity contribution in [3.8, 4) is 0 Å². The molecule has 0 atom stereocenters. The van der Waals surface area contributed by atoms with Crippen molar-refractivity contribution in [2.45, 2.75) is 44.1 Å². The molecule has 18 heavy (non-hydrogen) atoms. The molecule has 0 N–H and O–H groups in total. The molecule has 0 radical (unpaired) electrons. The van der Waals surface area contributed by atoms with E-state index in [4.69, 9.17) is 4.74 Å². The number of aryl methyl sites for hydroxylation is 1. The fourth-order valence-electron chi connectivity index (χ4n) is 2.71. The maximum absolute atomic E-state index is 12.8. The van der Waals surface area contributed by atoms with Crippen LogP contribution in [0.4, 0.5) is 0 Å². The highest BCUT2D eigenvalue weighted by Gasteiger charge is 2.41. The number of methoxy groups -OCH3 is 1. The van der Waals surface area contributed by atoms with Crippen molar-refractivity contribution in [1.82, 2.24) is 9.78 Å². The fraction of sp³-hybridized carbons (Fsp3) is 0.692. The number of ketones is 1. The van der Waals surface area contributed by atoms with Crippen molar-refractivity contribution in [2.75, 3.05) is 7.11 Å². The van der Waals surface area contributed by atoms with Crippen molar-refractivity contribution < 1.29 is 9.53 Å². The Kier molecular flexibility index (Phi) is 4.22. The molecular formula is C13H19BrN2O2. The average molecular weight is 315 g/mol. The van der Waals surface area contributed by atoms with Crippen LogP contribution in [0.15, 0.2) is 10.7 Å². The van der Waals surface area contributed by atoms with Gasteiger partial charge in [0.05, 0.1) is 10.7 Å². The summed E-state index contributed by atoms with van der Waals surface area (Å²) < 4.78 is 8.01.